The fraction of sp³-hybridized carbons (Fsp3) is 0.267. The molecule has 0 saturated heterocycles. The van der Waals surface area contributed by atoms with Gasteiger partial charge in [-0.3, -0.25) is 4.79 Å². The van der Waals surface area contributed by atoms with Gasteiger partial charge in [-0.15, -0.1) is 0 Å². The zero-order valence-corrected chi connectivity index (χ0v) is 11.9. The van der Waals surface area contributed by atoms with Crippen LogP contribution in [0.3, 0.4) is 0 Å². The van der Waals surface area contributed by atoms with Crippen molar-refractivity contribution < 1.29 is 9.90 Å². The smallest absolute Gasteiger partial charge is 0.345 e. The van der Waals surface area contributed by atoms with E-state index >= 15 is 0 Å². The molecule has 6 nitrogen and oxygen atoms in total. The van der Waals surface area contributed by atoms with Crippen LogP contribution in [0.2, 0.25) is 0 Å². The van der Waals surface area contributed by atoms with Gasteiger partial charge in [0.05, 0.1) is 13.0 Å². The van der Waals surface area contributed by atoms with Gasteiger partial charge in [0, 0.05) is 22.6 Å². The summed E-state index contributed by atoms with van der Waals surface area (Å²) in [6.45, 7) is 3.42. The molecule has 0 bridgehead atoms. The summed E-state index contributed by atoms with van der Waals surface area (Å²) in [7, 11) is 0. The Morgan fingerprint density at radius 1 is 1.29 bits per heavy atom. The second kappa shape index (κ2) is 6.32. The number of hydrogen-bond donors (Lipinski definition) is 3. The number of aliphatic hydroxyl groups excluding tert-OH is 1. The van der Waals surface area contributed by atoms with Gasteiger partial charge in [-0.2, -0.15) is 4.98 Å². The van der Waals surface area contributed by atoms with Gasteiger partial charge in [0.1, 0.15) is 0 Å². The largest absolute Gasteiger partial charge is 0.392 e. The van der Waals surface area contributed by atoms with Gasteiger partial charge in [-0.25, -0.2) is 4.79 Å². The average Bonchev–Trinajstić information content (AvgIpc) is 2.43. The van der Waals surface area contributed by atoms with Crippen LogP contribution in [0.5, 0.6) is 0 Å². The first-order chi connectivity index (χ1) is 9.99. The molecule has 2 rings (SSSR count). The van der Waals surface area contributed by atoms with Crippen molar-refractivity contribution in [2.45, 2.75) is 26.9 Å². The first-order valence-corrected chi connectivity index (χ1v) is 6.55. The van der Waals surface area contributed by atoms with Gasteiger partial charge in [-0.1, -0.05) is 12.1 Å². The van der Waals surface area contributed by atoms with Crippen LogP contribution < -0.4 is 11.0 Å². The molecule has 6 heteroatoms. The van der Waals surface area contributed by atoms with Crippen LogP contribution in [0.15, 0.2) is 29.1 Å². The maximum absolute atomic E-state index is 12.0. The Hall–Kier alpha value is -2.47. The van der Waals surface area contributed by atoms with Crippen molar-refractivity contribution in [1.82, 2.24) is 9.97 Å². The molecule has 0 saturated carbocycles. The number of carbonyl (C=O) groups excluding carboxylic acids is 1. The van der Waals surface area contributed by atoms with Gasteiger partial charge in [0.2, 0.25) is 5.91 Å². The fourth-order valence-electron chi connectivity index (χ4n) is 2.07. The molecular weight excluding hydrogens is 270 g/mol. The normalized spacial score (nSPS) is 10.4. The fourth-order valence-corrected chi connectivity index (χ4v) is 2.07. The van der Waals surface area contributed by atoms with Crippen LogP contribution >= 0.6 is 0 Å². The summed E-state index contributed by atoms with van der Waals surface area (Å²) in [5.74, 6) is -0.188. The molecule has 0 aliphatic rings. The summed E-state index contributed by atoms with van der Waals surface area (Å²) in [5.41, 5.74) is 2.96. The molecule has 0 unspecified atom stereocenters. The van der Waals surface area contributed by atoms with Gasteiger partial charge in [0.15, 0.2) is 0 Å². The molecular formula is C15H17N3O3. The Morgan fingerprint density at radius 2 is 1.95 bits per heavy atom. The molecule has 1 amide bonds. The monoisotopic (exact) mass is 287 g/mol. The predicted octanol–water partition coefficient (Wildman–Crippen LogP) is 1.06. The van der Waals surface area contributed by atoms with E-state index in [1.807, 2.05) is 0 Å². The minimum atomic E-state index is -0.409. The Morgan fingerprint density at radius 3 is 2.52 bits per heavy atom. The maximum Gasteiger partial charge on any atom is 0.345 e. The molecule has 2 aromatic rings. The zero-order valence-electron chi connectivity index (χ0n) is 11.9. The number of aromatic amines is 1. The molecule has 0 fully saturated rings. The number of rotatable bonds is 4. The van der Waals surface area contributed by atoms with Crippen molar-refractivity contribution in [3.8, 4) is 0 Å². The summed E-state index contributed by atoms with van der Waals surface area (Å²) in [6, 6.07) is 6.95. The SMILES string of the molecule is Cc1nc(=O)[nH]c(C)c1CC(=O)Nc1ccc(CO)cc1. The van der Waals surface area contributed by atoms with Crippen molar-refractivity contribution in [3.05, 3.63) is 57.3 Å². The van der Waals surface area contributed by atoms with E-state index in [4.69, 9.17) is 5.11 Å². The van der Waals surface area contributed by atoms with E-state index in [9.17, 15) is 9.59 Å². The molecule has 1 aromatic heterocycles. The summed E-state index contributed by atoms with van der Waals surface area (Å²) in [5, 5.41) is 11.7. The van der Waals surface area contributed by atoms with Crippen LogP contribution in [0.1, 0.15) is 22.5 Å². The van der Waals surface area contributed by atoms with Gasteiger partial charge < -0.3 is 15.4 Å². The third kappa shape index (κ3) is 3.76. The van der Waals surface area contributed by atoms with Crippen molar-refractivity contribution in [2.75, 3.05) is 5.32 Å². The number of aliphatic hydroxyl groups is 1. The minimum Gasteiger partial charge on any atom is -0.392 e. The number of hydrogen-bond acceptors (Lipinski definition) is 4. The zero-order chi connectivity index (χ0) is 15.4. The lowest BCUT2D eigenvalue weighted by atomic mass is 10.1. The van der Waals surface area contributed by atoms with Crippen LogP contribution in [-0.2, 0) is 17.8 Å². The molecule has 110 valence electrons. The number of nitrogens with zero attached hydrogens (tertiary/aromatic N) is 1. The van der Waals surface area contributed by atoms with Crippen molar-refractivity contribution in [2.24, 2.45) is 0 Å². The highest BCUT2D eigenvalue weighted by atomic mass is 16.3. The highest BCUT2D eigenvalue weighted by Gasteiger charge is 2.11. The summed E-state index contributed by atoms with van der Waals surface area (Å²) in [6.07, 6.45) is 0.142. The number of H-pyrrole nitrogens is 1. The highest BCUT2D eigenvalue weighted by Crippen LogP contribution is 2.12. The third-order valence-electron chi connectivity index (χ3n) is 3.21. The molecule has 0 aliphatic carbocycles. The lowest BCUT2D eigenvalue weighted by Gasteiger charge is -2.09. The van der Waals surface area contributed by atoms with Crippen molar-refractivity contribution in [1.29, 1.82) is 0 Å². The molecule has 3 N–H and O–H groups in total. The van der Waals surface area contributed by atoms with Crippen molar-refractivity contribution >= 4 is 11.6 Å². The number of aromatic nitrogens is 2. The highest BCUT2D eigenvalue weighted by molar-refractivity contribution is 5.92. The topological polar surface area (TPSA) is 95.1 Å². The third-order valence-corrected chi connectivity index (χ3v) is 3.21. The van der Waals surface area contributed by atoms with E-state index in [0.29, 0.717) is 17.1 Å². The first-order valence-electron chi connectivity index (χ1n) is 6.55. The summed E-state index contributed by atoms with van der Waals surface area (Å²) >= 11 is 0. The number of aryl methyl sites for hydroxylation is 2. The number of benzene rings is 1. The lowest BCUT2D eigenvalue weighted by molar-refractivity contribution is -0.115. The van der Waals surface area contributed by atoms with Crippen LogP contribution in [0, 0.1) is 13.8 Å². The molecule has 21 heavy (non-hydrogen) atoms. The second-order valence-corrected chi connectivity index (χ2v) is 4.81. The van der Waals surface area contributed by atoms with E-state index in [0.717, 1.165) is 11.1 Å². The molecule has 0 aliphatic heterocycles. The summed E-state index contributed by atoms with van der Waals surface area (Å²) < 4.78 is 0. The Bertz CT molecular complexity index is 679. The average molecular weight is 287 g/mol. The van der Waals surface area contributed by atoms with Crippen LogP contribution in [0.4, 0.5) is 5.69 Å². The Balaban J connectivity index is 2.09. The van der Waals surface area contributed by atoms with E-state index < -0.39 is 5.69 Å². The van der Waals surface area contributed by atoms with E-state index in [-0.39, 0.29) is 18.9 Å². The Kier molecular flexibility index (Phi) is 4.49. The lowest BCUT2D eigenvalue weighted by Crippen LogP contribution is -2.21. The predicted molar refractivity (Wildman–Crippen MR) is 79.0 cm³/mol. The summed E-state index contributed by atoms with van der Waals surface area (Å²) in [4.78, 5) is 29.6. The number of amides is 1. The van der Waals surface area contributed by atoms with E-state index in [1.165, 1.54) is 0 Å². The van der Waals surface area contributed by atoms with Crippen molar-refractivity contribution in [3.63, 3.8) is 0 Å². The molecule has 1 aromatic carbocycles. The number of anilines is 1. The number of nitrogens with one attached hydrogen (secondary N) is 2. The number of carbonyl (C=O) groups is 1. The van der Waals surface area contributed by atoms with E-state index in [2.05, 4.69) is 15.3 Å². The molecule has 0 spiro atoms. The van der Waals surface area contributed by atoms with E-state index in [1.54, 1.807) is 38.1 Å². The van der Waals surface area contributed by atoms with Gasteiger partial charge in [0.25, 0.3) is 0 Å². The molecule has 1 heterocycles. The van der Waals surface area contributed by atoms with Gasteiger partial charge >= 0.3 is 5.69 Å². The first kappa shape index (κ1) is 14.9. The maximum atomic E-state index is 12.0. The molecule has 0 radical (unpaired) electrons. The quantitative estimate of drug-likeness (QED) is 0.783. The standard InChI is InChI=1S/C15H17N3O3/c1-9-13(10(2)17-15(21)16-9)7-14(20)18-12-5-3-11(8-19)4-6-12/h3-6,19H,7-8H2,1-2H3,(H,18,20)(H,16,17,21). The molecule has 0 atom stereocenters. The van der Waals surface area contributed by atoms with Crippen LogP contribution in [0.25, 0.3) is 0 Å². The second-order valence-electron chi connectivity index (χ2n) is 4.81. The van der Waals surface area contributed by atoms with Gasteiger partial charge in [-0.05, 0) is 31.5 Å². The minimum absolute atomic E-state index is 0.0321. The van der Waals surface area contributed by atoms with Crippen LogP contribution in [-0.4, -0.2) is 21.0 Å². The Labute approximate surface area is 121 Å².